The van der Waals surface area contributed by atoms with Crippen LogP contribution in [-0.2, 0) is 6.54 Å². The number of halogens is 1. The highest BCUT2D eigenvalue weighted by Crippen LogP contribution is 2.36. The van der Waals surface area contributed by atoms with E-state index in [9.17, 15) is 0 Å². The van der Waals surface area contributed by atoms with E-state index in [1.807, 2.05) is 49.8 Å². The summed E-state index contributed by atoms with van der Waals surface area (Å²) in [5.41, 5.74) is 5.42. The van der Waals surface area contributed by atoms with Crippen LogP contribution in [-0.4, -0.2) is 36.6 Å². The fraction of sp³-hybridized carbons (Fsp3) is 0.238. The van der Waals surface area contributed by atoms with Crippen molar-refractivity contribution in [1.82, 2.24) is 29.9 Å². The van der Waals surface area contributed by atoms with Gasteiger partial charge in [0.2, 0.25) is 0 Å². The van der Waals surface area contributed by atoms with Gasteiger partial charge >= 0.3 is 0 Å². The molecule has 1 aliphatic heterocycles. The largest absolute Gasteiger partial charge is 0.493 e. The van der Waals surface area contributed by atoms with Crippen LogP contribution in [0.25, 0.3) is 22.6 Å². The maximum Gasteiger partial charge on any atom is 0.122 e. The molecule has 0 aliphatic carbocycles. The van der Waals surface area contributed by atoms with Crippen LogP contribution in [0.1, 0.15) is 23.6 Å². The number of rotatable bonds is 4. The number of hydrogen-bond donors (Lipinski definition) is 1. The van der Waals surface area contributed by atoms with Gasteiger partial charge in [-0.2, -0.15) is 15.4 Å². The Morgan fingerprint density at radius 3 is 2.97 bits per heavy atom. The highest BCUT2D eigenvalue weighted by Gasteiger charge is 2.22. The van der Waals surface area contributed by atoms with Crippen LogP contribution in [0.3, 0.4) is 0 Å². The number of benzene rings is 1. The number of aromatic nitrogens is 6. The zero-order valence-electron chi connectivity index (χ0n) is 15.8. The van der Waals surface area contributed by atoms with E-state index in [0.717, 1.165) is 57.6 Å². The first-order valence-corrected chi connectivity index (χ1v) is 9.83. The summed E-state index contributed by atoms with van der Waals surface area (Å²) in [5, 5.41) is 11.7. The molecular weight excluding hydrogens is 388 g/mol. The number of imidazole rings is 1. The summed E-state index contributed by atoms with van der Waals surface area (Å²) in [6.07, 6.45) is 6.60. The number of ether oxygens (including phenoxy) is 1. The Bertz CT molecular complexity index is 1170. The van der Waals surface area contributed by atoms with E-state index in [2.05, 4.69) is 29.9 Å². The standard InChI is InChI=1S/C21H19ClN6O/c1-13-21(26-27-25-13)14-4-6-23-18(8-14)19-11-28(12-24-19)10-15-5-7-29-20-3-2-16(22)9-17(15)20/h2-4,6,8-9,11-12,15H,5,7,10H2,1H3,(H,25,26,27)/t15-/m0/s1. The van der Waals surface area contributed by atoms with Crippen LogP contribution in [0, 0.1) is 6.92 Å². The van der Waals surface area contributed by atoms with Crippen LogP contribution in [0.2, 0.25) is 5.02 Å². The second-order valence-corrected chi connectivity index (χ2v) is 7.60. The van der Waals surface area contributed by atoms with Gasteiger partial charge in [-0.25, -0.2) is 4.98 Å². The van der Waals surface area contributed by atoms with Gasteiger partial charge in [0, 0.05) is 41.0 Å². The van der Waals surface area contributed by atoms with E-state index in [0.29, 0.717) is 12.5 Å². The highest BCUT2D eigenvalue weighted by atomic mass is 35.5. The minimum Gasteiger partial charge on any atom is -0.493 e. The Morgan fingerprint density at radius 2 is 2.10 bits per heavy atom. The number of H-pyrrole nitrogens is 1. The molecule has 1 aliphatic rings. The second-order valence-electron chi connectivity index (χ2n) is 7.16. The summed E-state index contributed by atoms with van der Waals surface area (Å²) in [4.78, 5) is 9.05. The molecule has 0 spiro atoms. The molecule has 0 saturated carbocycles. The average molecular weight is 407 g/mol. The smallest absolute Gasteiger partial charge is 0.122 e. The maximum atomic E-state index is 6.20. The van der Waals surface area contributed by atoms with Crippen molar-refractivity contribution in [3.8, 4) is 28.4 Å². The van der Waals surface area contributed by atoms with Crippen LogP contribution in [0.15, 0.2) is 49.1 Å². The van der Waals surface area contributed by atoms with Crippen LogP contribution >= 0.6 is 11.6 Å². The minimum atomic E-state index is 0.330. The third kappa shape index (κ3) is 3.49. The maximum absolute atomic E-state index is 6.20. The Balaban J connectivity index is 1.40. The van der Waals surface area contributed by atoms with Gasteiger partial charge in [-0.15, -0.1) is 0 Å². The van der Waals surface area contributed by atoms with Crippen LogP contribution in [0.5, 0.6) is 5.75 Å². The van der Waals surface area contributed by atoms with E-state index >= 15 is 0 Å². The van der Waals surface area contributed by atoms with Gasteiger partial charge < -0.3 is 9.30 Å². The van der Waals surface area contributed by atoms with Crippen molar-refractivity contribution in [3.05, 3.63) is 65.3 Å². The lowest BCUT2D eigenvalue weighted by Crippen LogP contribution is -2.18. The predicted molar refractivity (Wildman–Crippen MR) is 110 cm³/mol. The van der Waals surface area contributed by atoms with Crippen LogP contribution < -0.4 is 4.74 Å². The fourth-order valence-electron chi connectivity index (χ4n) is 3.75. The molecule has 1 aromatic carbocycles. The van der Waals surface area contributed by atoms with Crippen LogP contribution in [0.4, 0.5) is 0 Å². The number of aromatic amines is 1. The van der Waals surface area contributed by atoms with Gasteiger partial charge in [0.05, 0.1) is 24.3 Å². The molecule has 0 radical (unpaired) electrons. The lowest BCUT2D eigenvalue weighted by molar-refractivity contribution is 0.259. The average Bonchev–Trinajstić information content (AvgIpc) is 3.38. The lowest BCUT2D eigenvalue weighted by atomic mass is 9.93. The highest BCUT2D eigenvalue weighted by molar-refractivity contribution is 6.30. The Morgan fingerprint density at radius 1 is 1.17 bits per heavy atom. The Hall–Kier alpha value is -3.19. The number of pyridine rings is 1. The number of nitrogens with one attached hydrogen (secondary N) is 1. The third-order valence-corrected chi connectivity index (χ3v) is 5.45. The summed E-state index contributed by atoms with van der Waals surface area (Å²) >= 11 is 6.20. The molecular formula is C21H19ClN6O. The minimum absolute atomic E-state index is 0.330. The van der Waals surface area contributed by atoms with Gasteiger partial charge in [-0.05, 0) is 43.7 Å². The zero-order chi connectivity index (χ0) is 19.8. The molecule has 1 atom stereocenters. The molecule has 0 unspecified atom stereocenters. The Kier molecular flexibility index (Phi) is 4.52. The molecule has 29 heavy (non-hydrogen) atoms. The summed E-state index contributed by atoms with van der Waals surface area (Å²) < 4.78 is 7.87. The van der Waals surface area contributed by atoms with Gasteiger partial charge in [-0.1, -0.05) is 11.6 Å². The second kappa shape index (κ2) is 7.33. The topological polar surface area (TPSA) is 81.5 Å². The monoisotopic (exact) mass is 406 g/mol. The summed E-state index contributed by atoms with van der Waals surface area (Å²) in [6.45, 7) is 3.44. The van der Waals surface area contributed by atoms with Gasteiger partial charge in [-0.3, -0.25) is 4.98 Å². The van der Waals surface area contributed by atoms with Crippen molar-refractivity contribution in [2.45, 2.75) is 25.8 Å². The van der Waals surface area contributed by atoms with E-state index in [-0.39, 0.29) is 0 Å². The molecule has 0 amide bonds. The molecule has 0 saturated heterocycles. The number of nitrogens with zero attached hydrogens (tertiary/aromatic N) is 5. The van der Waals surface area contributed by atoms with E-state index < -0.39 is 0 Å². The Labute approximate surface area is 172 Å². The third-order valence-electron chi connectivity index (χ3n) is 5.22. The molecule has 7 nitrogen and oxygen atoms in total. The van der Waals surface area contributed by atoms with E-state index in [1.54, 1.807) is 6.20 Å². The molecule has 4 heterocycles. The number of fused-ring (bicyclic) bond motifs is 1. The van der Waals surface area contributed by atoms with Gasteiger partial charge in [0.25, 0.3) is 0 Å². The predicted octanol–water partition coefficient (Wildman–Crippen LogP) is 4.26. The molecule has 8 heteroatoms. The first kappa shape index (κ1) is 17.9. The molecule has 1 N–H and O–H groups in total. The van der Waals surface area contributed by atoms with Crippen molar-refractivity contribution in [1.29, 1.82) is 0 Å². The molecule has 0 bridgehead atoms. The fourth-order valence-corrected chi connectivity index (χ4v) is 3.93. The first-order chi connectivity index (χ1) is 14.2. The van der Waals surface area contributed by atoms with Crippen molar-refractivity contribution in [2.75, 3.05) is 6.61 Å². The quantitative estimate of drug-likeness (QED) is 0.547. The molecule has 0 fully saturated rings. The molecule has 4 aromatic rings. The van der Waals surface area contributed by atoms with Crippen molar-refractivity contribution in [3.63, 3.8) is 0 Å². The van der Waals surface area contributed by atoms with Gasteiger partial charge in [0.15, 0.2) is 0 Å². The van der Waals surface area contributed by atoms with E-state index in [1.165, 1.54) is 0 Å². The van der Waals surface area contributed by atoms with Gasteiger partial charge in [0.1, 0.15) is 17.1 Å². The molecule has 3 aromatic heterocycles. The lowest BCUT2D eigenvalue weighted by Gasteiger charge is -2.26. The SMILES string of the molecule is Cc1n[nH]nc1-c1ccnc(-c2cn(C[C@@H]3CCOc4ccc(Cl)cc43)cn2)c1. The van der Waals surface area contributed by atoms with Crippen molar-refractivity contribution in [2.24, 2.45) is 0 Å². The zero-order valence-corrected chi connectivity index (χ0v) is 16.6. The summed E-state index contributed by atoms with van der Waals surface area (Å²) in [7, 11) is 0. The molecule has 146 valence electrons. The normalized spacial score (nSPS) is 15.7. The van der Waals surface area contributed by atoms with Crippen molar-refractivity contribution < 1.29 is 4.74 Å². The molecule has 5 rings (SSSR count). The van der Waals surface area contributed by atoms with E-state index in [4.69, 9.17) is 16.3 Å². The summed E-state index contributed by atoms with van der Waals surface area (Å²) in [5.74, 6) is 1.25. The number of hydrogen-bond acceptors (Lipinski definition) is 5. The number of aryl methyl sites for hydroxylation is 1. The summed E-state index contributed by atoms with van der Waals surface area (Å²) in [6, 6.07) is 9.73. The van der Waals surface area contributed by atoms with Crippen molar-refractivity contribution >= 4 is 11.6 Å². The first-order valence-electron chi connectivity index (χ1n) is 9.45.